The molecular formula is C12H13F2NO2. The summed E-state index contributed by atoms with van der Waals surface area (Å²) in [6.07, 6.45) is -0.885. The van der Waals surface area contributed by atoms with Crippen LogP contribution in [0.25, 0.3) is 0 Å². The van der Waals surface area contributed by atoms with Crippen molar-refractivity contribution < 1.29 is 18.3 Å². The summed E-state index contributed by atoms with van der Waals surface area (Å²) < 4.78 is 37.8. The molecule has 2 aliphatic rings. The van der Waals surface area contributed by atoms with Gasteiger partial charge in [-0.2, -0.15) is 0 Å². The first-order valence-corrected chi connectivity index (χ1v) is 5.55. The zero-order chi connectivity index (χ0) is 12.1. The zero-order valence-electron chi connectivity index (χ0n) is 9.16. The minimum atomic E-state index is -2.73. The fraction of sp³-hybridized carbons (Fsp3) is 0.500. The molecule has 1 saturated carbocycles. The molecule has 1 heterocycles. The monoisotopic (exact) mass is 241 g/mol. The predicted molar refractivity (Wildman–Crippen MR) is 57.4 cm³/mol. The van der Waals surface area contributed by atoms with Gasteiger partial charge >= 0.3 is 0 Å². The number of fused-ring (bicyclic) bond motifs is 1. The molecule has 5 heteroatoms. The summed E-state index contributed by atoms with van der Waals surface area (Å²) in [5.41, 5.74) is 4.23. The Hall–Kier alpha value is -1.36. The van der Waals surface area contributed by atoms with E-state index in [1.54, 1.807) is 18.2 Å². The molecule has 2 unspecified atom stereocenters. The van der Waals surface area contributed by atoms with Crippen LogP contribution in [-0.2, 0) is 0 Å². The highest BCUT2D eigenvalue weighted by Gasteiger charge is 2.75. The molecule has 0 aromatic heterocycles. The first-order chi connectivity index (χ1) is 8.09. The Labute approximate surface area is 97.5 Å². The highest BCUT2D eigenvalue weighted by molar-refractivity contribution is 5.41. The van der Waals surface area contributed by atoms with E-state index in [1.165, 1.54) is 0 Å². The number of rotatable bonds is 2. The average Bonchev–Trinajstić information content (AvgIpc) is 2.92. The van der Waals surface area contributed by atoms with Gasteiger partial charge in [-0.05, 0) is 12.1 Å². The van der Waals surface area contributed by atoms with E-state index in [0.29, 0.717) is 11.5 Å². The number of ether oxygens (including phenoxy) is 2. The minimum Gasteiger partial charge on any atom is -0.486 e. The molecule has 1 fully saturated rings. The Morgan fingerprint density at radius 2 is 1.94 bits per heavy atom. The smallest absolute Gasteiger partial charge is 0.259 e. The summed E-state index contributed by atoms with van der Waals surface area (Å²) in [4.78, 5) is 0. The number of hydrogen-bond donors (Lipinski definition) is 1. The van der Waals surface area contributed by atoms with E-state index in [2.05, 4.69) is 0 Å². The standard InChI is InChI=1S/C12H13F2NO2/c13-12(14)6-11(12,7-15)10-5-16-8-3-1-2-4-9(8)17-10/h1-4,10H,5-7,15H2. The van der Waals surface area contributed by atoms with Gasteiger partial charge in [-0.25, -0.2) is 8.78 Å². The second-order valence-corrected chi connectivity index (χ2v) is 4.61. The van der Waals surface area contributed by atoms with Gasteiger partial charge in [0.1, 0.15) is 12.7 Å². The van der Waals surface area contributed by atoms with Crippen LogP contribution < -0.4 is 15.2 Å². The summed E-state index contributed by atoms with van der Waals surface area (Å²) in [5, 5.41) is 0. The van der Waals surface area contributed by atoms with Crippen LogP contribution in [0, 0.1) is 5.41 Å². The maximum Gasteiger partial charge on any atom is 0.259 e. The first kappa shape index (κ1) is 10.8. The van der Waals surface area contributed by atoms with Crippen LogP contribution in [0.15, 0.2) is 24.3 Å². The molecule has 3 rings (SSSR count). The van der Waals surface area contributed by atoms with Gasteiger partial charge < -0.3 is 15.2 Å². The first-order valence-electron chi connectivity index (χ1n) is 5.55. The van der Waals surface area contributed by atoms with Gasteiger partial charge in [0.25, 0.3) is 5.92 Å². The van der Waals surface area contributed by atoms with Gasteiger partial charge in [0.2, 0.25) is 0 Å². The second kappa shape index (κ2) is 3.32. The number of nitrogens with two attached hydrogens (primary N) is 1. The Morgan fingerprint density at radius 3 is 2.53 bits per heavy atom. The van der Waals surface area contributed by atoms with Gasteiger partial charge in [0.15, 0.2) is 11.5 Å². The molecule has 1 aliphatic heterocycles. The summed E-state index contributed by atoms with van der Waals surface area (Å²) in [5.74, 6) is -1.62. The second-order valence-electron chi connectivity index (χ2n) is 4.61. The molecule has 2 atom stereocenters. The third-order valence-corrected chi connectivity index (χ3v) is 3.63. The molecule has 0 amide bonds. The fourth-order valence-corrected chi connectivity index (χ4v) is 2.35. The predicted octanol–water partition coefficient (Wildman–Crippen LogP) is 1.81. The quantitative estimate of drug-likeness (QED) is 0.858. The molecule has 1 aromatic carbocycles. The number of para-hydroxylation sites is 2. The van der Waals surface area contributed by atoms with Gasteiger partial charge in [-0.3, -0.25) is 0 Å². The number of hydrogen-bond acceptors (Lipinski definition) is 3. The molecule has 0 spiro atoms. The lowest BCUT2D eigenvalue weighted by Crippen LogP contribution is -2.44. The van der Waals surface area contributed by atoms with Crippen LogP contribution in [0.1, 0.15) is 6.42 Å². The van der Waals surface area contributed by atoms with Gasteiger partial charge in [0.05, 0.1) is 5.41 Å². The molecule has 92 valence electrons. The van der Waals surface area contributed by atoms with Gasteiger partial charge in [0, 0.05) is 13.0 Å². The zero-order valence-corrected chi connectivity index (χ0v) is 9.16. The maximum absolute atomic E-state index is 13.4. The summed E-state index contributed by atoms with van der Waals surface area (Å²) in [6, 6.07) is 7.07. The van der Waals surface area contributed by atoms with E-state index in [0.717, 1.165) is 0 Å². The van der Waals surface area contributed by atoms with Crippen molar-refractivity contribution in [2.45, 2.75) is 18.4 Å². The molecular weight excluding hydrogens is 228 g/mol. The third-order valence-electron chi connectivity index (χ3n) is 3.63. The molecule has 2 N–H and O–H groups in total. The maximum atomic E-state index is 13.4. The van der Waals surface area contributed by atoms with E-state index < -0.39 is 17.4 Å². The number of benzene rings is 1. The van der Waals surface area contributed by atoms with Crippen molar-refractivity contribution in [1.29, 1.82) is 0 Å². The molecule has 3 nitrogen and oxygen atoms in total. The normalized spacial score (nSPS) is 33.2. The van der Waals surface area contributed by atoms with Crippen molar-refractivity contribution in [3.05, 3.63) is 24.3 Å². The molecule has 0 bridgehead atoms. The van der Waals surface area contributed by atoms with E-state index in [9.17, 15) is 8.78 Å². The largest absolute Gasteiger partial charge is 0.486 e. The van der Waals surface area contributed by atoms with Gasteiger partial charge in [-0.1, -0.05) is 12.1 Å². The van der Waals surface area contributed by atoms with E-state index >= 15 is 0 Å². The highest BCUT2D eigenvalue weighted by atomic mass is 19.3. The highest BCUT2D eigenvalue weighted by Crippen LogP contribution is 2.63. The fourth-order valence-electron chi connectivity index (χ4n) is 2.35. The van der Waals surface area contributed by atoms with Crippen LogP contribution in [-0.4, -0.2) is 25.2 Å². The number of alkyl halides is 2. The van der Waals surface area contributed by atoms with E-state index in [-0.39, 0.29) is 19.6 Å². The van der Waals surface area contributed by atoms with Crippen molar-refractivity contribution >= 4 is 0 Å². The summed E-state index contributed by atoms with van der Waals surface area (Å²) in [6.45, 7) is 0.0417. The average molecular weight is 241 g/mol. The van der Waals surface area contributed by atoms with Crippen molar-refractivity contribution in [2.24, 2.45) is 11.1 Å². The Morgan fingerprint density at radius 1 is 1.29 bits per heavy atom. The van der Waals surface area contributed by atoms with E-state index in [4.69, 9.17) is 15.2 Å². The van der Waals surface area contributed by atoms with Crippen molar-refractivity contribution in [3.63, 3.8) is 0 Å². The Bertz CT molecular complexity index is 452. The Balaban J connectivity index is 1.86. The van der Waals surface area contributed by atoms with E-state index in [1.807, 2.05) is 6.07 Å². The lowest BCUT2D eigenvalue weighted by molar-refractivity contribution is -0.0240. The van der Waals surface area contributed by atoms with Crippen LogP contribution in [0.5, 0.6) is 11.5 Å². The number of halogens is 2. The van der Waals surface area contributed by atoms with Crippen molar-refractivity contribution in [1.82, 2.24) is 0 Å². The SMILES string of the molecule is NCC1(C2COc3ccccc3O2)CC1(F)F. The molecule has 0 radical (unpaired) electrons. The van der Waals surface area contributed by atoms with Crippen LogP contribution in [0.4, 0.5) is 8.78 Å². The lowest BCUT2D eigenvalue weighted by Gasteiger charge is -2.31. The summed E-state index contributed by atoms with van der Waals surface area (Å²) in [7, 11) is 0. The van der Waals surface area contributed by atoms with Crippen LogP contribution >= 0.6 is 0 Å². The van der Waals surface area contributed by atoms with Crippen molar-refractivity contribution in [3.8, 4) is 11.5 Å². The topological polar surface area (TPSA) is 44.5 Å². The molecule has 17 heavy (non-hydrogen) atoms. The van der Waals surface area contributed by atoms with Crippen molar-refractivity contribution in [2.75, 3.05) is 13.2 Å². The molecule has 1 aliphatic carbocycles. The third kappa shape index (κ3) is 1.42. The Kier molecular flexibility index (Phi) is 2.10. The molecule has 1 aromatic rings. The van der Waals surface area contributed by atoms with Crippen LogP contribution in [0.3, 0.4) is 0 Å². The molecule has 0 saturated heterocycles. The van der Waals surface area contributed by atoms with Gasteiger partial charge in [-0.15, -0.1) is 0 Å². The lowest BCUT2D eigenvalue weighted by atomic mass is 9.98. The van der Waals surface area contributed by atoms with Crippen LogP contribution in [0.2, 0.25) is 0 Å². The summed E-state index contributed by atoms with van der Waals surface area (Å²) >= 11 is 0. The minimum absolute atomic E-state index is 0.0871.